The van der Waals surface area contributed by atoms with E-state index in [0.29, 0.717) is 32.3 Å². The molecule has 78 valence electrons. The molecule has 13 heavy (non-hydrogen) atoms. The minimum Gasteiger partial charge on any atom is -0.385 e. The Kier molecular flexibility index (Phi) is 4.16. The molecule has 0 amide bonds. The molecule has 0 spiro atoms. The normalized spacial score (nSPS) is 25.2. The molecular formula is C10H20O3. The Balaban J connectivity index is 2.41. The van der Waals surface area contributed by atoms with Crippen LogP contribution in [-0.2, 0) is 9.47 Å². The third-order valence-electron chi connectivity index (χ3n) is 2.54. The predicted molar refractivity (Wildman–Crippen MR) is 50.7 cm³/mol. The van der Waals surface area contributed by atoms with Gasteiger partial charge < -0.3 is 14.6 Å². The van der Waals surface area contributed by atoms with E-state index in [1.165, 1.54) is 0 Å². The smallest absolute Gasteiger partial charge is 0.111 e. The molecule has 0 aliphatic carbocycles. The van der Waals surface area contributed by atoms with E-state index in [9.17, 15) is 5.11 Å². The van der Waals surface area contributed by atoms with E-state index in [2.05, 4.69) is 13.8 Å². The summed E-state index contributed by atoms with van der Waals surface area (Å²) in [6.45, 7) is 6.30. The molecule has 1 heterocycles. The molecule has 3 heteroatoms. The largest absolute Gasteiger partial charge is 0.385 e. The summed E-state index contributed by atoms with van der Waals surface area (Å²) in [5.74, 6) is 0.523. The van der Waals surface area contributed by atoms with Crippen molar-refractivity contribution < 1.29 is 14.6 Å². The molecule has 1 saturated heterocycles. The van der Waals surface area contributed by atoms with Crippen LogP contribution in [0.5, 0.6) is 0 Å². The Morgan fingerprint density at radius 1 is 1.31 bits per heavy atom. The lowest BCUT2D eigenvalue weighted by molar-refractivity contribution is -0.0689. The van der Waals surface area contributed by atoms with E-state index >= 15 is 0 Å². The summed E-state index contributed by atoms with van der Waals surface area (Å²) in [5, 5.41) is 10.1. The van der Waals surface area contributed by atoms with Gasteiger partial charge in [0.2, 0.25) is 0 Å². The number of aliphatic hydroxyl groups is 1. The third-order valence-corrected chi connectivity index (χ3v) is 2.54. The van der Waals surface area contributed by atoms with Crippen molar-refractivity contribution >= 4 is 0 Å². The summed E-state index contributed by atoms with van der Waals surface area (Å²) in [4.78, 5) is 0. The molecule has 1 N–H and O–H groups in total. The fourth-order valence-corrected chi connectivity index (χ4v) is 1.59. The number of rotatable bonds is 3. The van der Waals surface area contributed by atoms with Crippen molar-refractivity contribution in [1.82, 2.24) is 0 Å². The van der Waals surface area contributed by atoms with Gasteiger partial charge in [0.05, 0.1) is 26.4 Å². The lowest BCUT2D eigenvalue weighted by Gasteiger charge is -2.27. The van der Waals surface area contributed by atoms with Crippen molar-refractivity contribution in [2.45, 2.75) is 32.3 Å². The molecular weight excluding hydrogens is 168 g/mol. The molecule has 0 aromatic heterocycles. The second kappa shape index (κ2) is 4.94. The van der Waals surface area contributed by atoms with Crippen molar-refractivity contribution in [3.8, 4) is 0 Å². The SMILES string of the molecule is CCC(C)CC1(O)COCCOC1. The number of ether oxygens (including phenoxy) is 2. The zero-order valence-electron chi connectivity index (χ0n) is 8.58. The van der Waals surface area contributed by atoms with Gasteiger partial charge in [-0.1, -0.05) is 20.3 Å². The Bertz CT molecular complexity index is 139. The van der Waals surface area contributed by atoms with Gasteiger partial charge in [-0.15, -0.1) is 0 Å². The maximum atomic E-state index is 10.1. The Hall–Kier alpha value is -0.120. The Morgan fingerprint density at radius 3 is 2.31 bits per heavy atom. The van der Waals surface area contributed by atoms with Crippen molar-refractivity contribution in [3.05, 3.63) is 0 Å². The van der Waals surface area contributed by atoms with Crippen molar-refractivity contribution in [2.75, 3.05) is 26.4 Å². The third kappa shape index (κ3) is 3.63. The minimum atomic E-state index is -0.758. The molecule has 0 radical (unpaired) electrons. The molecule has 1 unspecified atom stereocenters. The first-order valence-electron chi connectivity index (χ1n) is 5.04. The van der Waals surface area contributed by atoms with Crippen molar-refractivity contribution in [1.29, 1.82) is 0 Å². The average molecular weight is 188 g/mol. The summed E-state index contributed by atoms with van der Waals surface area (Å²) >= 11 is 0. The van der Waals surface area contributed by atoms with Crippen LogP contribution >= 0.6 is 0 Å². The fraction of sp³-hybridized carbons (Fsp3) is 1.00. The molecule has 0 saturated carbocycles. The van der Waals surface area contributed by atoms with Crippen LogP contribution < -0.4 is 0 Å². The summed E-state index contributed by atoms with van der Waals surface area (Å²) in [5.41, 5.74) is -0.758. The highest BCUT2D eigenvalue weighted by molar-refractivity contribution is 4.81. The maximum absolute atomic E-state index is 10.1. The van der Waals surface area contributed by atoms with Crippen LogP contribution in [-0.4, -0.2) is 37.1 Å². The molecule has 0 aromatic rings. The highest BCUT2D eigenvalue weighted by Gasteiger charge is 2.30. The van der Waals surface area contributed by atoms with Gasteiger partial charge in [-0.05, 0) is 12.3 Å². The first kappa shape index (κ1) is 11.0. The van der Waals surface area contributed by atoms with Crippen LogP contribution in [0.2, 0.25) is 0 Å². The fourth-order valence-electron chi connectivity index (χ4n) is 1.59. The van der Waals surface area contributed by atoms with E-state index < -0.39 is 5.60 Å². The number of hydrogen-bond donors (Lipinski definition) is 1. The molecule has 1 aliphatic rings. The van der Waals surface area contributed by atoms with E-state index in [1.54, 1.807) is 0 Å². The molecule has 1 atom stereocenters. The zero-order chi connectivity index (χ0) is 9.73. The molecule has 1 rings (SSSR count). The predicted octanol–water partition coefficient (Wildman–Crippen LogP) is 1.20. The summed E-state index contributed by atoms with van der Waals surface area (Å²) in [7, 11) is 0. The van der Waals surface area contributed by atoms with Crippen LogP contribution in [0.25, 0.3) is 0 Å². The Morgan fingerprint density at radius 2 is 1.85 bits per heavy atom. The lowest BCUT2D eigenvalue weighted by atomic mass is 9.91. The van der Waals surface area contributed by atoms with Gasteiger partial charge in [-0.25, -0.2) is 0 Å². The summed E-state index contributed by atoms with van der Waals surface area (Å²) < 4.78 is 10.6. The summed E-state index contributed by atoms with van der Waals surface area (Å²) in [6, 6.07) is 0. The van der Waals surface area contributed by atoms with Gasteiger partial charge in [-0.2, -0.15) is 0 Å². The first-order chi connectivity index (χ1) is 6.16. The van der Waals surface area contributed by atoms with Gasteiger partial charge >= 0.3 is 0 Å². The Labute approximate surface area is 80.0 Å². The monoisotopic (exact) mass is 188 g/mol. The van der Waals surface area contributed by atoms with E-state index in [1.807, 2.05) is 0 Å². The second-order valence-electron chi connectivity index (χ2n) is 4.05. The van der Waals surface area contributed by atoms with Crippen LogP contribution in [0.1, 0.15) is 26.7 Å². The molecule has 0 bridgehead atoms. The van der Waals surface area contributed by atoms with Crippen LogP contribution in [0.15, 0.2) is 0 Å². The van der Waals surface area contributed by atoms with Crippen LogP contribution in [0, 0.1) is 5.92 Å². The maximum Gasteiger partial charge on any atom is 0.111 e. The molecule has 3 nitrogen and oxygen atoms in total. The van der Waals surface area contributed by atoms with Crippen molar-refractivity contribution in [3.63, 3.8) is 0 Å². The topological polar surface area (TPSA) is 38.7 Å². The molecule has 1 fully saturated rings. The lowest BCUT2D eigenvalue weighted by Crippen LogP contribution is -2.39. The standard InChI is InChI=1S/C10H20O3/c1-3-9(2)6-10(11)7-12-4-5-13-8-10/h9,11H,3-8H2,1-2H3. The van der Waals surface area contributed by atoms with Crippen molar-refractivity contribution in [2.24, 2.45) is 5.92 Å². The molecule has 1 aliphatic heterocycles. The van der Waals surface area contributed by atoms with Gasteiger partial charge in [0, 0.05) is 0 Å². The number of hydrogen-bond acceptors (Lipinski definition) is 3. The quantitative estimate of drug-likeness (QED) is 0.723. The summed E-state index contributed by atoms with van der Waals surface area (Å²) in [6.07, 6.45) is 1.85. The second-order valence-corrected chi connectivity index (χ2v) is 4.05. The zero-order valence-corrected chi connectivity index (χ0v) is 8.58. The van der Waals surface area contributed by atoms with Crippen LogP contribution in [0.3, 0.4) is 0 Å². The minimum absolute atomic E-state index is 0.414. The van der Waals surface area contributed by atoms with Crippen LogP contribution in [0.4, 0.5) is 0 Å². The molecule has 0 aromatic carbocycles. The van der Waals surface area contributed by atoms with E-state index in [0.717, 1.165) is 12.8 Å². The highest BCUT2D eigenvalue weighted by atomic mass is 16.6. The first-order valence-corrected chi connectivity index (χ1v) is 5.04. The van der Waals surface area contributed by atoms with Gasteiger partial charge in [-0.3, -0.25) is 0 Å². The van der Waals surface area contributed by atoms with Gasteiger partial charge in [0.1, 0.15) is 5.60 Å². The van der Waals surface area contributed by atoms with Gasteiger partial charge in [0.15, 0.2) is 0 Å². The average Bonchev–Trinajstić information content (AvgIpc) is 2.30. The van der Waals surface area contributed by atoms with E-state index in [-0.39, 0.29) is 0 Å². The highest BCUT2D eigenvalue weighted by Crippen LogP contribution is 2.21. The van der Waals surface area contributed by atoms with E-state index in [4.69, 9.17) is 9.47 Å². The van der Waals surface area contributed by atoms with Gasteiger partial charge in [0.25, 0.3) is 0 Å².